The summed E-state index contributed by atoms with van der Waals surface area (Å²) in [5.41, 5.74) is 10.9. The largest absolute Gasteiger partial charge is 0.326 e. The molecule has 0 fully saturated rings. The molecule has 1 aliphatic rings. The van der Waals surface area contributed by atoms with Gasteiger partial charge in [-0.2, -0.15) is 5.10 Å². The number of aromatic nitrogens is 3. The first-order valence-electron chi connectivity index (χ1n) is 12.0. The van der Waals surface area contributed by atoms with Crippen LogP contribution in [0.4, 0.5) is 5.69 Å². The number of carbonyl (C=O) groups excluding carboxylic acids is 2. The maximum absolute atomic E-state index is 13.6. The van der Waals surface area contributed by atoms with Gasteiger partial charge in [-0.3, -0.25) is 14.7 Å². The molecule has 4 N–H and O–H groups in total. The monoisotopic (exact) mass is 480 g/mol. The van der Waals surface area contributed by atoms with Crippen molar-refractivity contribution in [3.05, 3.63) is 101 Å². The maximum atomic E-state index is 13.6. The van der Waals surface area contributed by atoms with Gasteiger partial charge in [-0.15, -0.1) is 0 Å². The second kappa shape index (κ2) is 10.1. The van der Waals surface area contributed by atoms with Crippen LogP contribution in [-0.4, -0.2) is 44.5 Å². The van der Waals surface area contributed by atoms with Crippen LogP contribution >= 0.6 is 0 Å². The van der Waals surface area contributed by atoms with Gasteiger partial charge in [0.05, 0.1) is 0 Å². The van der Waals surface area contributed by atoms with E-state index in [2.05, 4.69) is 20.5 Å². The lowest BCUT2D eigenvalue weighted by Gasteiger charge is -2.35. The highest BCUT2D eigenvalue weighted by Crippen LogP contribution is 2.25. The number of fused-ring (bicyclic) bond motifs is 1. The molecule has 8 nitrogen and oxygen atoms in total. The summed E-state index contributed by atoms with van der Waals surface area (Å²) in [4.78, 5) is 33.1. The Bertz CT molecular complexity index is 1380. The van der Waals surface area contributed by atoms with E-state index in [1.54, 1.807) is 4.90 Å². The Labute approximate surface area is 209 Å². The van der Waals surface area contributed by atoms with E-state index in [4.69, 9.17) is 5.73 Å². The van der Waals surface area contributed by atoms with E-state index in [1.807, 2.05) is 79.7 Å². The van der Waals surface area contributed by atoms with E-state index in [0.717, 1.165) is 28.1 Å². The predicted octanol–water partition coefficient (Wildman–Crippen LogP) is 3.49. The van der Waals surface area contributed by atoms with Gasteiger partial charge in [-0.25, -0.2) is 4.98 Å². The van der Waals surface area contributed by atoms with Crippen molar-refractivity contribution in [2.75, 3.05) is 11.9 Å². The fourth-order valence-corrected chi connectivity index (χ4v) is 4.57. The molecule has 0 unspecified atom stereocenters. The minimum atomic E-state index is -0.655. The van der Waals surface area contributed by atoms with E-state index in [1.165, 1.54) is 0 Å². The lowest BCUT2D eigenvalue weighted by Crippen LogP contribution is -2.51. The SMILES string of the molecule is Cc1nc(-c2ccc(NC(=O)[C@H](Cc3ccccc3)N3CCc4cc(CN)ccc4C3=O)cc2)n[nH]1. The van der Waals surface area contributed by atoms with Crippen molar-refractivity contribution in [3.8, 4) is 11.4 Å². The van der Waals surface area contributed by atoms with Gasteiger partial charge < -0.3 is 16.0 Å². The molecule has 182 valence electrons. The third kappa shape index (κ3) is 4.89. The highest BCUT2D eigenvalue weighted by Gasteiger charge is 2.34. The van der Waals surface area contributed by atoms with E-state index in [-0.39, 0.29) is 11.8 Å². The zero-order chi connectivity index (χ0) is 25.1. The number of amides is 2. The molecule has 0 radical (unpaired) electrons. The quantitative estimate of drug-likeness (QED) is 0.374. The van der Waals surface area contributed by atoms with Crippen molar-refractivity contribution in [2.24, 2.45) is 5.73 Å². The van der Waals surface area contributed by atoms with Gasteiger partial charge >= 0.3 is 0 Å². The minimum absolute atomic E-state index is 0.133. The van der Waals surface area contributed by atoms with Crippen LogP contribution in [0.2, 0.25) is 0 Å². The van der Waals surface area contributed by atoms with Crippen LogP contribution in [0.3, 0.4) is 0 Å². The van der Waals surface area contributed by atoms with Crippen molar-refractivity contribution in [1.29, 1.82) is 0 Å². The van der Waals surface area contributed by atoms with E-state index in [0.29, 0.717) is 43.0 Å². The molecule has 0 bridgehead atoms. The van der Waals surface area contributed by atoms with Gasteiger partial charge in [0.25, 0.3) is 5.91 Å². The van der Waals surface area contributed by atoms with Crippen molar-refractivity contribution in [1.82, 2.24) is 20.1 Å². The first-order chi connectivity index (χ1) is 17.5. The molecule has 8 heteroatoms. The average molecular weight is 481 g/mol. The number of aryl methyl sites for hydroxylation is 1. The molecular weight excluding hydrogens is 452 g/mol. The second-order valence-corrected chi connectivity index (χ2v) is 8.96. The summed E-state index contributed by atoms with van der Waals surface area (Å²) in [6.45, 7) is 2.74. The Morgan fingerprint density at radius 1 is 1.08 bits per heavy atom. The van der Waals surface area contributed by atoms with E-state index < -0.39 is 6.04 Å². The maximum Gasteiger partial charge on any atom is 0.254 e. The number of anilines is 1. The average Bonchev–Trinajstić information content (AvgIpc) is 3.34. The second-order valence-electron chi connectivity index (χ2n) is 8.96. The van der Waals surface area contributed by atoms with Crippen LogP contribution in [0.5, 0.6) is 0 Å². The van der Waals surface area contributed by atoms with Crippen LogP contribution in [0.15, 0.2) is 72.8 Å². The smallest absolute Gasteiger partial charge is 0.254 e. The third-order valence-electron chi connectivity index (χ3n) is 6.48. The Hall–Kier alpha value is -4.30. The molecule has 3 aromatic carbocycles. The number of nitrogens with zero attached hydrogens (tertiary/aromatic N) is 3. The predicted molar refractivity (Wildman–Crippen MR) is 138 cm³/mol. The summed E-state index contributed by atoms with van der Waals surface area (Å²) in [7, 11) is 0. The Morgan fingerprint density at radius 2 is 1.86 bits per heavy atom. The van der Waals surface area contributed by atoms with Crippen LogP contribution < -0.4 is 11.1 Å². The Morgan fingerprint density at radius 3 is 2.56 bits per heavy atom. The van der Waals surface area contributed by atoms with Crippen LogP contribution in [-0.2, 0) is 24.2 Å². The molecule has 0 saturated heterocycles. The molecule has 0 spiro atoms. The topological polar surface area (TPSA) is 117 Å². The molecule has 0 saturated carbocycles. The summed E-state index contributed by atoms with van der Waals surface area (Å²) in [6, 6.07) is 22.2. The number of hydrogen-bond acceptors (Lipinski definition) is 5. The molecule has 5 rings (SSSR count). The first kappa shape index (κ1) is 23.4. The number of carbonyl (C=O) groups is 2. The van der Waals surface area contributed by atoms with Crippen LogP contribution in [0, 0.1) is 6.92 Å². The number of rotatable bonds is 7. The molecule has 1 aliphatic heterocycles. The molecule has 36 heavy (non-hydrogen) atoms. The fourth-order valence-electron chi connectivity index (χ4n) is 4.57. The van der Waals surface area contributed by atoms with Crippen LogP contribution in [0.25, 0.3) is 11.4 Å². The lowest BCUT2D eigenvalue weighted by atomic mass is 9.94. The summed E-state index contributed by atoms with van der Waals surface area (Å²) >= 11 is 0. The number of nitrogens with one attached hydrogen (secondary N) is 2. The van der Waals surface area contributed by atoms with Gasteiger partial charge in [0, 0.05) is 36.3 Å². The molecule has 2 heterocycles. The van der Waals surface area contributed by atoms with Crippen molar-refractivity contribution in [3.63, 3.8) is 0 Å². The lowest BCUT2D eigenvalue weighted by molar-refractivity contribution is -0.120. The molecule has 1 atom stereocenters. The summed E-state index contributed by atoms with van der Waals surface area (Å²) in [5.74, 6) is 0.975. The van der Waals surface area contributed by atoms with Crippen molar-refractivity contribution < 1.29 is 9.59 Å². The molecule has 1 aromatic heterocycles. The number of aromatic amines is 1. The number of nitrogens with two attached hydrogens (primary N) is 1. The number of H-pyrrole nitrogens is 1. The summed E-state index contributed by atoms with van der Waals surface area (Å²) < 4.78 is 0. The Kier molecular flexibility index (Phi) is 6.60. The molecule has 2 amide bonds. The van der Waals surface area contributed by atoms with Gasteiger partial charge in [0.1, 0.15) is 11.9 Å². The highest BCUT2D eigenvalue weighted by molar-refractivity contribution is 6.02. The van der Waals surface area contributed by atoms with E-state index >= 15 is 0 Å². The van der Waals surface area contributed by atoms with Crippen molar-refractivity contribution in [2.45, 2.75) is 32.4 Å². The third-order valence-corrected chi connectivity index (χ3v) is 6.48. The van der Waals surface area contributed by atoms with Crippen LogP contribution in [0.1, 0.15) is 32.9 Å². The number of hydrogen-bond donors (Lipinski definition) is 3. The Balaban J connectivity index is 1.39. The van der Waals surface area contributed by atoms with Gasteiger partial charge in [0.15, 0.2) is 5.82 Å². The normalized spacial score (nSPS) is 13.8. The first-order valence-corrected chi connectivity index (χ1v) is 12.0. The van der Waals surface area contributed by atoms with Gasteiger partial charge in [-0.05, 0) is 60.4 Å². The fraction of sp³-hybridized carbons (Fsp3) is 0.214. The van der Waals surface area contributed by atoms with Gasteiger partial charge in [0.2, 0.25) is 5.91 Å². The highest BCUT2D eigenvalue weighted by atomic mass is 16.2. The zero-order valence-corrected chi connectivity index (χ0v) is 20.1. The van der Waals surface area contributed by atoms with Gasteiger partial charge in [-0.1, -0.05) is 42.5 Å². The molecular formula is C28H28N6O2. The molecule has 0 aliphatic carbocycles. The summed E-state index contributed by atoms with van der Waals surface area (Å²) in [6.07, 6.45) is 1.10. The molecule has 4 aromatic rings. The summed E-state index contributed by atoms with van der Waals surface area (Å²) in [5, 5.41) is 10.0. The minimum Gasteiger partial charge on any atom is -0.326 e. The van der Waals surface area contributed by atoms with Crippen molar-refractivity contribution >= 4 is 17.5 Å². The zero-order valence-electron chi connectivity index (χ0n) is 20.1. The number of benzene rings is 3. The standard InChI is InChI=1S/C28H28N6O2/c1-18-30-26(33-32-18)21-8-10-23(11-9-21)31-27(35)25(16-19-5-3-2-4-6-19)34-14-13-22-15-20(17-29)7-12-24(22)28(34)36/h2-12,15,25H,13-14,16-17,29H2,1H3,(H,31,35)(H,30,32,33)/t25-/m0/s1. The van der Waals surface area contributed by atoms with E-state index in [9.17, 15) is 9.59 Å².